The number of amides is 5. The molecular formula is C10H16N5NaO7S. The number of fused-ring (bicyclic) bond motifs is 2. The molecule has 2 bridgehead atoms. The van der Waals surface area contributed by atoms with Gasteiger partial charge in [0.25, 0.3) is 5.91 Å². The molecular weight excluding hydrogens is 357 g/mol. The number of hydroxylamine groups is 2. The molecule has 2 aliphatic heterocycles. The summed E-state index contributed by atoms with van der Waals surface area (Å²) in [6.07, 6.45) is 0.510. The number of hydrogen-bond donors (Lipinski definition) is 2. The molecule has 12 nitrogen and oxygen atoms in total. The minimum atomic E-state index is -5.08. The van der Waals surface area contributed by atoms with Crippen molar-refractivity contribution in [2.75, 3.05) is 20.6 Å². The predicted molar refractivity (Wildman–Crippen MR) is 71.9 cm³/mol. The van der Waals surface area contributed by atoms with Gasteiger partial charge >= 0.3 is 41.6 Å². The van der Waals surface area contributed by atoms with Crippen molar-refractivity contribution in [2.24, 2.45) is 0 Å². The predicted octanol–water partition coefficient (Wildman–Crippen LogP) is -5.05. The van der Waals surface area contributed by atoms with Crippen LogP contribution in [0, 0.1) is 0 Å². The topological polar surface area (TPSA) is 151 Å². The minimum absolute atomic E-state index is 0. The second kappa shape index (κ2) is 7.84. The monoisotopic (exact) mass is 373 g/mol. The molecule has 2 atom stereocenters. The third kappa shape index (κ3) is 4.70. The van der Waals surface area contributed by atoms with Crippen LogP contribution in [0.1, 0.15) is 12.8 Å². The first-order chi connectivity index (χ1) is 10.6. The third-order valence-corrected chi connectivity index (χ3v) is 3.84. The van der Waals surface area contributed by atoms with E-state index in [-0.39, 0.29) is 48.9 Å². The Morgan fingerprint density at radius 1 is 1.29 bits per heavy atom. The van der Waals surface area contributed by atoms with E-state index in [9.17, 15) is 27.4 Å². The van der Waals surface area contributed by atoms with E-state index < -0.39 is 40.5 Å². The summed E-state index contributed by atoms with van der Waals surface area (Å²) in [5.41, 5.74) is 4.35. The van der Waals surface area contributed by atoms with Crippen LogP contribution >= 0.6 is 0 Å². The Morgan fingerprint density at radius 2 is 1.92 bits per heavy atom. The summed E-state index contributed by atoms with van der Waals surface area (Å²) >= 11 is 0. The number of rotatable bonds is 3. The van der Waals surface area contributed by atoms with Crippen molar-refractivity contribution in [3.63, 3.8) is 0 Å². The van der Waals surface area contributed by atoms with Crippen LogP contribution in [0.5, 0.6) is 0 Å². The molecule has 2 aliphatic rings. The molecule has 2 rings (SSSR count). The molecule has 2 fully saturated rings. The number of hydrogen-bond acceptors (Lipinski definition) is 7. The number of carbonyl (C=O) groups excluding carboxylic acids is 3. The van der Waals surface area contributed by atoms with E-state index in [0.29, 0.717) is 5.06 Å². The van der Waals surface area contributed by atoms with Crippen LogP contribution in [0.3, 0.4) is 0 Å². The van der Waals surface area contributed by atoms with Gasteiger partial charge in [0, 0.05) is 20.6 Å². The van der Waals surface area contributed by atoms with Crippen LogP contribution < -0.4 is 40.4 Å². The molecule has 0 aromatic rings. The zero-order valence-corrected chi connectivity index (χ0v) is 16.2. The number of nitrogens with one attached hydrogen (secondary N) is 2. The van der Waals surface area contributed by atoms with Gasteiger partial charge in [0.15, 0.2) is 0 Å². The van der Waals surface area contributed by atoms with Gasteiger partial charge in [-0.3, -0.25) is 10.2 Å². The van der Waals surface area contributed by atoms with E-state index >= 15 is 0 Å². The van der Waals surface area contributed by atoms with E-state index in [2.05, 4.69) is 15.1 Å². The number of hydrazine groups is 1. The van der Waals surface area contributed by atoms with Crippen LogP contribution in [-0.4, -0.2) is 78.5 Å². The summed E-state index contributed by atoms with van der Waals surface area (Å²) in [7, 11) is -2.12. The maximum absolute atomic E-state index is 12.1. The zero-order valence-electron chi connectivity index (χ0n) is 13.4. The molecule has 0 unspecified atom stereocenters. The number of nitrogens with zero attached hydrogens (tertiary/aromatic N) is 3. The average molecular weight is 373 g/mol. The molecule has 130 valence electrons. The quantitative estimate of drug-likeness (QED) is 0.217. The summed E-state index contributed by atoms with van der Waals surface area (Å²) in [5, 5.41) is 0.480. The van der Waals surface area contributed by atoms with Crippen molar-refractivity contribution in [1.29, 1.82) is 0 Å². The van der Waals surface area contributed by atoms with Gasteiger partial charge in [-0.25, -0.2) is 23.4 Å². The molecule has 24 heavy (non-hydrogen) atoms. The van der Waals surface area contributed by atoms with E-state index in [0.717, 1.165) is 4.90 Å². The van der Waals surface area contributed by atoms with Crippen LogP contribution in [0.4, 0.5) is 9.59 Å². The van der Waals surface area contributed by atoms with Gasteiger partial charge in [0.1, 0.15) is 6.04 Å². The Hall–Kier alpha value is -1.12. The molecule has 0 saturated carbocycles. The summed E-state index contributed by atoms with van der Waals surface area (Å²) in [6, 6.07) is -2.95. The SMILES string of the molecule is CN(C)C(=O)NNC(=O)[C@@H]1CC[C@@H]2CN1C(=O)N2OS(=O)(=O)[O-].[Na+]. The second-order valence-electron chi connectivity index (χ2n) is 5.30. The van der Waals surface area contributed by atoms with Gasteiger partial charge in [-0.2, -0.15) is 9.35 Å². The van der Waals surface area contributed by atoms with Crippen LogP contribution in [0.25, 0.3) is 0 Å². The largest absolute Gasteiger partial charge is 1.00 e. The van der Waals surface area contributed by atoms with Gasteiger partial charge in [-0.15, -0.1) is 0 Å². The third-order valence-electron chi connectivity index (χ3n) is 3.50. The van der Waals surface area contributed by atoms with Crippen LogP contribution in [0.15, 0.2) is 0 Å². The molecule has 2 saturated heterocycles. The van der Waals surface area contributed by atoms with Crippen molar-refractivity contribution < 1.29 is 61.2 Å². The van der Waals surface area contributed by atoms with Crippen LogP contribution in [-0.2, 0) is 19.5 Å². The fraction of sp³-hybridized carbons (Fsp3) is 0.700. The summed E-state index contributed by atoms with van der Waals surface area (Å²) in [5.74, 6) is -0.626. The Labute approximate surface area is 160 Å². The molecule has 2 heterocycles. The fourth-order valence-corrected chi connectivity index (χ4v) is 2.79. The first kappa shape index (κ1) is 20.9. The van der Waals surface area contributed by atoms with Crippen molar-refractivity contribution >= 4 is 28.4 Å². The Bertz CT molecular complexity index is 627. The zero-order chi connectivity index (χ0) is 17.4. The molecule has 14 heteroatoms. The van der Waals surface area contributed by atoms with Gasteiger partial charge < -0.3 is 14.4 Å². The Morgan fingerprint density at radius 3 is 2.46 bits per heavy atom. The van der Waals surface area contributed by atoms with Crippen LogP contribution in [0.2, 0.25) is 0 Å². The Balaban J connectivity index is 0.00000288. The molecule has 5 amide bonds. The smallest absolute Gasteiger partial charge is 0.724 e. The summed E-state index contributed by atoms with van der Waals surface area (Å²) < 4.78 is 36.1. The maximum atomic E-state index is 12.1. The summed E-state index contributed by atoms with van der Waals surface area (Å²) in [6.45, 7) is 0.0497. The van der Waals surface area contributed by atoms with Crippen molar-refractivity contribution in [3.8, 4) is 0 Å². The van der Waals surface area contributed by atoms with Crippen molar-refractivity contribution in [3.05, 3.63) is 0 Å². The Kier molecular flexibility index (Phi) is 6.84. The van der Waals surface area contributed by atoms with E-state index in [4.69, 9.17) is 0 Å². The van der Waals surface area contributed by atoms with Crippen molar-refractivity contribution in [1.82, 2.24) is 25.7 Å². The van der Waals surface area contributed by atoms with Gasteiger partial charge in [0.05, 0.1) is 6.04 Å². The second-order valence-corrected chi connectivity index (χ2v) is 6.27. The first-order valence-corrected chi connectivity index (χ1v) is 7.96. The standard InChI is InChI=1S/C10H17N5O7S.Na/c1-13(2)9(17)12-11-8(16)7-4-3-6-5-14(7)10(18)15(6)22-23(19,20)21;/h6-7H,3-5H2,1-2H3,(H,11,16)(H,12,17)(H,19,20,21);/q;+1/p-1/t6-,7+;/m1./s1. The molecule has 0 aromatic heterocycles. The average Bonchev–Trinajstić information content (AvgIpc) is 2.68. The first-order valence-electron chi connectivity index (χ1n) is 6.62. The van der Waals surface area contributed by atoms with Gasteiger partial charge in [-0.05, 0) is 12.8 Å². The number of carbonyl (C=O) groups is 3. The normalized spacial score (nSPS) is 22.7. The van der Waals surface area contributed by atoms with E-state index in [1.165, 1.54) is 19.0 Å². The molecule has 0 aliphatic carbocycles. The molecule has 0 aromatic carbocycles. The minimum Gasteiger partial charge on any atom is -0.724 e. The fourth-order valence-electron chi connectivity index (χ4n) is 2.41. The van der Waals surface area contributed by atoms with E-state index in [1.54, 1.807) is 0 Å². The van der Waals surface area contributed by atoms with Gasteiger partial charge in [0.2, 0.25) is 10.4 Å². The molecule has 0 radical (unpaired) electrons. The summed E-state index contributed by atoms with van der Waals surface area (Å²) in [4.78, 5) is 37.8. The maximum Gasteiger partial charge on any atom is 1.00 e. The van der Waals surface area contributed by atoms with Gasteiger partial charge in [-0.1, -0.05) is 0 Å². The van der Waals surface area contributed by atoms with Crippen molar-refractivity contribution in [2.45, 2.75) is 24.9 Å². The number of urea groups is 2. The molecule has 2 N–H and O–H groups in total. The molecule has 0 spiro atoms. The van der Waals surface area contributed by atoms with E-state index in [1.807, 2.05) is 0 Å². The number of piperidine rings is 1.